The van der Waals surface area contributed by atoms with Crippen LogP contribution in [0.4, 0.5) is 5.69 Å². The van der Waals surface area contributed by atoms with Gasteiger partial charge in [-0.05, 0) is 37.1 Å². The summed E-state index contributed by atoms with van der Waals surface area (Å²) < 4.78 is 0. The summed E-state index contributed by atoms with van der Waals surface area (Å²) in [6.45, 7) is 4.28. The molecule has 2 saturated heterocycles. The molecule has 2 aromatic carbocycles. The van der Waals surface area contributed by atoms with Crippen molar-refractivity contribution in [2.45, 2.75) is 12.8 Å². The zero-order valence-corrected chi connectivity index (χ0v) is 17.2. The Morgan fingerprint density at radius 1 is 0.828 bits per heavy atom. The van der Waals surface area contributed by atoms with Crippen molar-refractivity contribution in [3.05, 3.63) is 65.2 Å². The highest BCUT2D eigenvalue weighted by Crippen LogP contribution is 2.24. The summed E-state index contributed by atoms with van der Waals surface area (Å²) in [5, 5.41) is 0.461. The molecular formula is C23H26ClN3O2. The Bertz CT molecular complexity index is 865. The van der Waals surface area contributed by atoms with Crippen LogP contribution in [-0.2, 0) is 4.79 Å². The number of anilines is 1. The molecule has 0 unspecified atom stereocenters. The third-order valence-electron chi connectivity index (χ3n) is 5.87. The van der Waals surface area contributed by atoms with Gasteiger partial charge in [-0.15, -0.1) is 0 Å². The normalized spacial score (nSPS) is 19.9. The number of hydrogen-bond acceptors (Lipinski definition) is 3. The third-order valence-corrected chi connectivity index (χ3v) is 6.20. The van der Waals surface area contributed by atoms with Crippen LogP contribution in [0, 0.1) is 5.92 Å². The van der Waals surface area contributed by atoms with Crippen LogP contribution in [0.25, 0.3) is 0 Å². The van der Waals surface area contributed by atoms with Gasteiger partial charge in [-0.2, -0.15) is 0 Å². The lowest BCUT2D eigenvalue weighted by molar-refractivity contribution is -0.137. The van der Waals surface area contributed by atoms with Gasteiger partial charge in [0.15, 0.2) is 0 Å². The lowest BCUT2D eigenvalue weighted by atomic mass is 9.95. The summed E-state index contributed by atoms with van der Waals surface area (Å²) in [7, 11) is 0. The minimum atomic E-state index is -0.126. The molecule has 2 aliphatic heterocycles. The fraction of sp³-hybridized carbons (Fsp3) is 0.391. The molecule has 0 aliphatic carbocycles. The summed E-state index contributed by atoms with van der Waals surface area (Å²) in [6.07, 6.45) is 1.68. The Hall–Kier alpha value is -2.53. The monoisotopic (exact) mass is 411 g/mol. The molecule has 6 heteroatoms. The molecule has 2 heterocycles. The number of carbonyl (C=O) groups is 2. The molecule has 5 nitrogen and oxygen atoms in total. The zero-order valence-electron chi connectivity index (χ0n) is 16.5. The molecule has 0 saturated carbocycles. The van der Waals surface area contributed by atoms with Crippen molar-refractivity contribution in [1.82, 2.24) is 9.80 Å². The van der Waals surface area contributed by atoms with Gasteiger partial charge in [0.2, 0.25) is 5.91 Å². The van der Waals surface area contributed by atoms with Gasteiger partial charge in [0.25, 0.3) is 5.91 Å². The molecule has 152 valence electrons. The van der Waals surface area contributed by atoms with Crippen molar-refractivity contribution in [2.24, 2.45) is 5.92 Å². The van der Waals surface area contributed by atoms with Gasteiger partial charge in [0.05, 0.1) is 16.5 Å². The van der Waals surface area contributed by atoms with Gasteiger partial charge >= 0.3 is 0 Å². The number of para-hydroxylation sites is 1. The van der Waals surface area contributed by atoms with Gasteiger partial charge in [-0.25, -0.2) is 0 Å². The first-order valence-corrected chi connectivity index (χ1v) is 10.6. The number of hydrogen-bond donors (Lipinski definition) is 0. The molecule has 0 spiro atoms. The van der Waals surface area contributed by atoms with E-state index in [-0.39, 0.29) is 17.7 Å². The van der Waals surface area contributed by atoms with E-state index < -0.39 is 0 Å². The second-order valence-electron chi connectivity index (χ2n) is 7.72. The highest BCUT2D eigenvalue weighted by atomic mass is 35.5. The minimum Gasteiger partial charge on any atom is -0.368 e. The van der Waals surface area contributed by atoms with Crippen LogP contribution in [0.1, 0.15) is 23.2 Å². The number of nitrogens with zero attached hydrogens (tertiary/aromatic N) is 3. The van der Waals surface area contributed by atoms with Crippen molar-refractivity contribution in [3.8, 4) is 0 Å². The van der Waals surface area contributed by atoms with Crippen LogP contribution >= 0.6 is 11.6 Å². The average Bonchev–Trinajstić information content (AvgIpc) is 2.79. The predicted molar refractivity (Wildman–Crippen MR) is 115 cm³/mol. The summed E-state index contributed by atoms with van der Waals surface area (Å²) in [5.41, 5.74) is 1.72. The molecule has 2 aliphatic rings. The fourth-order valence-corrected chi connectivity index (χ4v) is 4.47. The Balaban J connectivity index is 1.36. The predicted octanol–water partition coefficient (Wildman–Crippen LogP) is 3.54. The van der Waals surface area contributed by atoms with E-state index in [9.17, 15) is 9.59 Å². The van der Waals surface area contributed by atoms with Gasteiger partial charge in [0, 0.05) is 45.0 Å². The van der Waals surface area contributed by atoms with Crippen LogP contribution < -0.4 is 4.90 Å². The Kier molecular flexibility index (Phi) is 6.05. The number of likely N-dealkylation sites (tertiary alicyclic amines) is 1. The average molecular weight is 412 g/mol. The van der Waals surface area contributed by atoms with Crippen molar-refractivity contribution in [2.75, 3.05) is 44.2 Å². The van der Waals surface area contributed by atoms with E-state index >= 15 is 0 Å². The number of amides is 2. The van der Waals surface area contributed by atoms with E-state index in [2.05, 4.69) is 17.0 Å². The van der Waals surface area contributed by atoms with Crippen LogP contribution in [0.2, 0.25) is 5.02 Å². The number of rotatable bonds is 3. The maximum atomic E-state index is 13.1. The maximum Gasteiger partial charge on any atom is 0.255 e. The van der Waals surface area contributed by atoms with Crippen LogP contribution in [0.3, 0.4) is 0 Å². The molecule has 4 rings (SSSR count). The second-order valence-corrected chi connectivity index (χ2v) is 8.13. The number of carbonyl (C=O) groups excluding carboxylic acids is 2. The van der Waals surface area contributed by atoms with Crippen LogP contribution in [0.5, 0.6) is 0 Å². The molecule has 0 N–H and O–H groups in total. The molecule has 0 bridgehead atoms. The van der Waals surface area contributed by atoms with Gasteiger partial charge in [-0.3, -0.25) is 9.59 Å². The fourth-order valence-electron chi connectivity index (χ4n) is 4.25. The van der Waals surface area contributed by atoms with Crippen LogP contribution in [-0.4, -0.2) is 60.9 Å². The summed E-state index contributed by atoms with van der Waals surface area (Å²) in [5.74, 6) is -0.0326. The molecule has 0 radical (unpaired) electrons. The zero-order chi connectivity index (χ0) is 20.2. The number of piperidine rings is 1. The van der Waals surface area contributed by atoms with E-state index in [4.69, 9.17) is 11.6 Å². The lowest BCUT2D eigenvalue weighted by Crippen LogP contribution is -2.53. The van der Waals surface area contributed by atoms with Gasteiger partial charge in [0.1, 0.15) is 0 Å². The third kappa shape index (κ3) is 4.40. The van der Waals surface area contributed by atoms with E-state index in [1.807, 2.05) is 35.2 Å². The maximum absolute atomic E-state index is 13.1. The minimum absolute atomic E-state index is 0.0815. The second kappa shape index (κ2) is 8.87. The van der Waals surface area contributed by atoms with E-state index in [1.165, 1.54) is 5.69 Å². The van der Waals surface area contributed by atoms with E-state index in [0.29, 0.717) is 23.7 Å². The standard InChI is InChI=1S/C23H26ClN3O2/c24-21-11-5-4-10-20(21)23(29)27-12-6-7-18(17-27)22(28)26-15-13-25(14-16-26)19-8-2-1-3-9-19/h1-5,8-11,18H,6-7,12-17H2/t18-/m0/s1. The largest absolute Gasteiger partial charge is 0.368 e. The van der Waals surface area contributed by atoms with Crippen molar-refractivity contribution in [1.29, 1.82) is 0 Å². The Labute approximate surface area is 176 Å². The quantitative estimate of drug-likeness (QED) is 0.775. The topological polar surface area (TPSA) is 43.9 Å². The molecular weight excluding hydrogens is 386 g/mol. The Morgan fingerprint density at radius 2 is 1.52 bits per heavy atom. The molecule has 29 heavy (non-hydrogen) atoms. The van der Waals surface area contributed by atoms with Crippen molar-refractivity contribution >= 4 is 29.1 Å². The number of piperazine rings is 1. The number of halogens is 1. The number of benzene rings is 2. The highest BCUT2D eigenvalue weighted by Gasteiger charge is 2.33. The molecule has 2 aromatic rings. The molecule has 1 atom stereocenters. The summed E-state index contributed by atoms with van der Waals surface area (Å²) in [4.78, 5) is 32.1. The Morgan fingerprint density at radius 3 is 2.24 bits per heavy atom. The smallest absolute Gasteiger partial charge is 0.255 e. The highest BCUT2D eigenvalue weighted by molar-refractivity contribution is 6.33. The molecule has 2 amide bonds. The van der Waals surface area contributed by atoms with Gasteiger partial charge < -0.3 is 14.7 Å². The summed E-state index contributed by atoms with van der Waals surface area (Å²) >= 11 is 6.20. The summed E-state index contributed by atoms with van der Waals surface area (Å²) in [6, 6.07) is 17.4. The van der Waals surface area contributed by atoms with E-state index in [1.54, 1.807) is 17.0 Å². The molecule has 2 fully saturated rings. The molecule has 0 aromatic heterocycles. The first-order valence-electron chi connectivity index (χ1n) is 10.3. The first-order chi connectivity index (χ1) is 14.1. The lowest BCUT2D eigenvalue weighted by Gasteiger charge is -2.39. The van der Waals surface area contributed by atoms with Gasteiger partial charge in [-0.1, -0.05) is 41.9 Å². The first kappa shape index (κ1) is 19.8. The van der Waals surface area contributed by atoms with Crippen molar-refractivity contribution < 1.29 is 9.59 Å². The SMILES string of the molecule is O=C(c1ccccc1Cl)N1CCC[C@H](C(=O)N2CCN(c3ccccc3)CC2)C1. The van der Waals surface area contributed by atoms with E-state index in [0.717, 1.165) is 39.0 Å². The van der Waals surface area contributed by atoms with Crippen molar-refractivity contribution in [3.63, 3.8) is 0 Å². The van der Waals surface area contributed by atoms with Crippen LogP contribution in [0.15, 0.2) is 54.6 Å².